The summed E-state index contributed by atoms with van der Waals surface area (Å²) in [6.45, 7) is 4.65. The van der Waals surface area contributed by atoms with Crippen LogP contribution < -0.4 is 0 Å². The maximum absolute atomic E-state index is 12.9. The monoisotopic (exact) mass is 1140 g/mol. The van der Waals surface area contributed by atoms with Gasteiger partial charge in [0.2, 0.25) is 0 Å². The molecule has 0 heterocycles. The van der Waals surface area contributed by atoms with Gasteiger partial charge in [0.05, 0.1) is 26.4 Å². The largest absolute Gasteiger partial charge is 0.472 e. The first-order valence-corrected chi connectivity index (χ1v) is 33.1. The molecule has 0 aliphatic rings. The lowest BCUT2D eigenvalue weighted by Crippen LogP contribution is -2.30. The molecule has 452 valence electrons. The second kappa shape index (κ2) is 52.9. The predicted molar refractivity (Wildman–Crippen MR) is 303 cm³/mol. The normalized spacial score (nSPS) is 14.5. The van der Waals surface area contributed by atoms with E-state index in [0.29, 0.717) is 25.7 Å². The van der Waals surface area contributed by atoms with E-state index in [1.165, 1.54) is 70.6 Å². The van der Waals surface area contributed by atoms with E-state index in [0.717, 1.165) is 116 Å². The molecule has 0 aliphatic carbocycles. The minimum Gasteiger partial charge on any atom is -0.462 e. The quantitative estimate of drug-likeness (QED) is 0.0169. The molecule has 0 aromatic rings. The van der Waals surface area contributed by atoms with Gasteiger partial charge in [-0.05, 0) is 51.4 Å². The predicted octanol–water partition coefficient (Wildman–Crippen LogP) is 15.2. The van der Waals surface area contributed by atoms with Gasteiger partial charge in [-0.2, -0.15) is 0 Å². The van der Waals surface area contributed by atoms with Gasteiger partial charge < -0.3 is 33.8 Å². The van der Waals surface area contributed by atoms with E-state index in [4.69, 9.17) is 37.0 Å². The number of ether oxygens (including phenoxy) is 4. The number of esters is 4. The van der Waals surface area contributed by atoms with Crippen LogP contribution >= 0.6 is 15.6 Å². The minimum absolute atomic E-state index is 0.0849. The Kier molecular flexibility index (Phi) is 51.2. The number of rotatable bonds is 57. The zero-order chi connectivity index (χ0) is 56.9. The fourth-order valence-electron chi connectivity index (χ4n) is 8.03. The molecule has 0 bridgehead atoms. The van der Waals surface area contributed by atoms with Crippen LogP contribution in [0.2, 0.25) is 0 Å². The molecule has 0 saturated heterocycles. The molecule has 0 spiro atoms. The van der Waals surface area contributed by atoms with Crippen molar-refractivity contribution in [2.75, 3.05) is 39.6 Å². The second-order valence-corrected chi connectivity index (χ2v) is 23.3. The number of aliphatic hydroxyl groups excluding tert-OH is 1. The molecule has 0 amide bonds. The summed E-state index contributed by atoms with van der Waals surface area (Å²) in [7, 11) is -9.87. The first-order chi connectivity index (χ1) is 37.2. The fourth-order valence-corrected chi connectivity index (χ4v) is 9.61. The van der Waals surface area contributed by atoms with Gasteiger partial charge in [-0.15, -0.1) is 0 Å². The Morgan fingerprint density at radius 3 is 0.948 bits per heavy atom. The van der Waals surface area contributed by atoms with Crippen LogP contribution in [-0.2, 0) is 65.4 Å². The van der Waals surface area contributed by atoms with E-state index >= 15 is 0 Å². The van der Waals surface area contributed by atoms with Crippen LogP contribution in [0.1, 0.15) is 265 Å². The summed E-state index contributed by atoms with van der Waals surface area (Å²) < 4.78 is 67.4. The topological polar surface area (TPSA) is 237 Å². The minimum atomic E-state index is -4.94. The van der Waals surface area contributed by atoms with Gasteiger partial charge in [-0.1, -0.05) is 213 Å². The summed E-state index contributed by atoms with van der Waals surface area (Å²) in [4.78, 5) is 71.5. The van der Waals surface area contributed by atoms with Crippen molar-refractivity contribution in [3.05, 3.63) is 24.3 Å². The van der Waals surface area contributed by atoms with Crippen LogP contribution in [0.5, 0.6) is 0 Å². The first kappa shape index (κ1) is 74.5. The Hall–Kier alpha value is -2.46. The van der Waals surface area contributed by atoms with Crippen molar-refractivity contribution in [2.45, 2.75) is 284 Å². The van der Waals surface area contributed by atoms with Gasteiger partial charge in [0.25, 0.3) is 0 Å². The Labute approximate surface area is 465 Å². The second-order valence-electron chi connectivity index (χ2n) is 20.3. The molecule has 0 aliphatic heterocycles. The van der Waals surface area contributed by atoms with Crippen molar-refractivity contribution >= 4 is 39.5 Å². The van der Waals surface area contributed by atoms with Gasteiger partial charge in [0.1, 0.15) is 19.3 Å². The molecular weight excluding hydrogens is 1030 g/mol. The van der Waals surface area contributed by atoms with Gasteiger partial charge in [-0.25, -0.2) is 9.13 Å². The van der Waals surface area contributed by atoms with Crippen LogP contribution in [0.4, 0.5) is 0 Å². The highest BCUT2D eigenvalue weighted by Gasteiger charge is 2.30. The molecule has 3 N–H and O–H groups in total. The first-order valence-electron chi connectivity index (χ1n) is 30.1. The third-order valence-corrected chi connectivity index (χ3v) is 14.6. The Balaban J connectivity index is 5.19. The van der Waals surface area contributed by atoms with Gasteiger partial charge in [0, 0.05) is 25.7 Å². The maximum atomic E-state index is 12.9. The summed E-state index contributed by atoms with van der Waals surface area (Å²) >= 11 is 0. The molecule has 0 fully saturated rings. The molecule has 0 rings (SSSR count). The molecule has 17 nitrogen and oxygen atoms in total. The van der Waals surface area contributed by atoms with E-state index in [-0.39, 0.29) is 25.7 Å². The Morgan fingerprint density at radius 2 is 0.623 bits per heavy atom. The van der Waals surface area contributed by atoms with Crippen LogP contribution in [-0.4, -0.2) is 96.7 Å². The number of allylic oxidation sites excluding steroid dienone is 4. The van der Waals surface area contributed by atoms with Gasteiger partial charge in [-0.3, -0.25) is 37.3 Å². The molecule has 77 heavy (non-hydrogen) atoms. The number of carbonyl (C=O) groups is 4. The van der Waals surface area contributed by atoms with Gasteiger partial charge in [0.15, 0.2) is 12.2 Å². The van der Waals surface area contributed by atoms with Crippen molar-refractivity contribution in [1.29, 1.82) is 0 Å². The zero-order valence-electron chi connectivity index (χ0n) is 48.4. The van der Waals surface area contributed by atoms with E-state index in [1.807, 2.05) is 0 Å². The Morgan fingerprint density at radius 1 is 0.364 bits per heavy atom. The third-order valence-electron chi connectivity index (χ3n) is 12.7. The van der Waals surface area contributed by atoms with Crippen LogP contribution in [0, 0.1) is 0 Å². The molecular formula is C58H108O17P2. The van der Waals surface area contributed by atoms with Crippen molar-refractivity contribution in [2.24, 2.45) is 0 Å². The molecule has 0 aromatic carbocycles. The van der Waals surface area contributed by atoms with Gasteiger partial charge >= 0.3 is 39.5 Å². The third kappa shape index (κ3) is 52.7. The van der Waals surface area contributed by atoms with Crippen LogP contribution in [0.25, 0.3) is 0 Å². The van der Waals surface area contributed by atoms with Crippen LogP contribution in [0.3, 0.4) is 0 Å². The summed E-state index contributed by atoms with van der Waals surface area (Å²) in [6.07, 6.45) is 38.8. The lowest BCUT2D eigenvalue weighted by molar-refractivity contribution is -0.161. The average molecular weight is 1140 g/mol. The van der Waals surface area contributed by atoms with Crippen molar-refractivity contribution < 1.29 is 80.2 Å². The number of unbranched alkanes of at least 4 members (excludes halogenated alkanes) is 28. The molecule has 2 unspecified atom stereocenters. The SMILES string of the molecule is CCCCCC/C=C\C=C/CCCCCCCC(=O)O[C@H](COC(=O)CCCCCCCCCCC)COP(=O)(O)OC[C@@H](O)COP(=O)(O)OC[C@@H](COC(=O)CCCCCCC)OC(=O)CCCCCCCCCC. The number of aliphatic hydroxyl groups is 1. The lowest BCUT2D eigenvalue weighted by Gasteiger charge is -2.21. The lowest BCUT2D eigenvalue weighted by atomic mass is 10.1. The molecule has 0 aromatic heterocycles. The standard InChI is InChI=1S/C58H108O17P2/c1-5-9-13-17-20-23-24-25-26-27-28-30-33-37-41-45-58(63)75-54(49-69-56(61)43-39-35-32-29-21-18-14-10-6-2)51-73-77(66,67)71-47-52(59)46-70-76(64,65)72-50-53(48-68-55(60)42-38-34-16-12-8-4)74-57(62)44-40-36-31-22-19-15-11-7-3/h23-26,52-54,59H,5-22,27-51H2,1-4H3,(H,64,65)(H,66,67)/b24-23-,26-25-/t52-,53+,54+/m0/s1. The van der Waals surface area contributed by atoms with Crippen molar-refractivity contribution in [1.82, 2.24) is 0 Å². The molecule has 0 saturated carbocycles. The number of phosphoric ester groups is 2. The summed E-state index contributed by atoms with van der Waals surface area (Å²) in [5.41, 5.74) is 0. The number of hydrogen-bond donors (Lipinski definition) is 3. The summed E-state index contributed by atoms with van der Waals surface area (Å²) in [5.74, 6) is -2.19. The fraction of sp³-hybridized carbons (Fsp3) is 0.862. The highest BCUT2D eigenvalue weighted by atomic mass is 31.2. The van der Waals surface area contributed by atoms with E-state index in [1.54, 1.807) is 0 Å². The highest BCUT2D eigenvalue weighted by molar-refractivity contribution is 7.47. The number of carbonyl (C=O) groups excluding carboxylic acids is 4. The van der Waals surface area contributed by atoms with E-state index in [9.17, 15) is 43.2 Å². The molecule has 19 heteroatoms. The smallest absolute Gasteiger partial charge is 0.462 e. The van der Waals surface area contributed by atoms with Crippen molar-refractivity contribution in [3.8, 4) is 0 Å². The highest BCUT2D eigenvalue weighted by Crippen LogP contribution is 2.45. The zero-order valence-corrected chi connectivity index (χ0v) is 50.2. The summed E-state index contributed by atoms with van der Waals surface area (Å²) in [6, 6.07) is 0. The molecule has 0 radical (unpaired) electrons. The van der Waals surface area contributed by atoms with Crippen LogP contribution in [0.15, 0.2) is 24.3 Å². The van der Waals surface area contributed by atoms with E-state index in [2.05, 4.69) is 52.0 Å². The van der Waals surface area contributed by atoms with E-state index < -0.39 is 97.5 Å². The number of phosphoric acid groups is 2. The number of hydrogen-bond acceptors (Lipinski definition) is 15. The average Bonchev–Trinajstić information content (AvgIpc) is 3.40. The summed E-state index contributed by atoms with van der Waals surface area (Å²) in [5, 5.41) is 10.5. The Bertz CT molecular complexity index is 1590. The van der Waals surface area contributed by atoms with Crippen molar-refractivity contribution in [3.63, 3.8) is 0 Å². The molecule has 5 atom stereocenters. The maximum Gasteiger partial charge on any atom is 0.472 e.